The largest absolute Gasteiger partial charge is 0.480 e. The van der Waals surface area contributed by atoms with E-state index in [0.29, 0.717) is 12.0 Å². The van der Waals surface area contributed by atoms with Crippen molar-refractivity contribution in [3.8, 4) is 0 Å². The van der Waals surface area contributed by atoms with Gasteiger partial charge >= 0.3 is 17.9 Å². The van der Waals surface area contributed by atoms with Gasteiger partial charge in [0.05, 0.1) is 37.3 Å². The van der Waals surface area contributed by atoms with Crippen molar-refractivity contribution < 1.29 is 83.1 Å². The van der Waals surface area contributed by atoms with Crippen molar-refractivity contribution in [3.05, 3.63) is 70.8 Å². The summed E-state index contributed by atoms with van der Waals surface area (Å²) >= 11 is 0. The highest BCUT2D eigenvalue weighted by Crippen LogP contribution is 2.14. The number of benzene rings is 2. The van der Waals surface area contributed by atoms with E-state index in [-0.39, 0.29) is 18.8 Å². The number of carboxylic acid groups (broad SMARTS) is 3. The number of rotatable bonds is 29. The molecule has 0 aliphatic carbocycles. The van der Waals surface area contributed by atoms with Crippen LogP contribution >= 0.6 is 0 Å². The van der Waals surface area contributed by atoms with Gasteiger partial charge in [-0.3, -0.25) is 43.2 Å². The second-order valence-corrected chi connectivity index (χ2v) is 16.8. The summed E-state index contributed by atoms with van der Waals surface area (Å²) in [6.45, 7) is 5.34. The molecule has 0 aromatic heterocycles. The zero-order valence-electron chi connectivity index (χ0n) is 39.5. The Kier molecular flexibility index (Phi) is 23.7. The Bertz CT molecular complexity index is 2260. The summed E-state index contributed by atoms with van der Waals surface area (Å²) in [7, 11) is 0. The highest BCUT2D eigenvalue weighted by atomic mass is 16.4. The van der Waals surface area contributed by atoms with Crippen LogP contribution in [0.3, 0.4) is 0 Å². The Balaban J connectivity index is 2.22. The van der Waals surface area contributed by atoms with E-state index >= 15 is 0 Å². The van der Waals surface area contributed by atoms with Crippen molar-refractivity contribution in [1.29, 1.82) is 0 Å². The van der Waals surface area contributed by atoms with Gasteiger partial charge in [0.15, 0.2) is 0 Å². The van der Waals surface area contributed by atoms with E-state index in [2.05, 4.69) is 37.2 Å². The first-order valence-corrected chi connectivity index (χ1v) is 22.1. The molecule has 8 atom stereocenters. The summed E-state index contributed by atoms with van der Waals surface area (Å²) in [5.41, 5.74) is 4.21. The predicted octanol–water partition coefficient (Wildman–Crippen LogP) is -3.49. The Morgan fingerprint density at radius 1 is 0.563 bits per heavy atom. The molecule has 26 nitrogen and oxygen atoms in total. The fraction of sp³-hybridized carbons (Fsp3) is 0.467. The average Bonchev–Trinajstić information content (AvgIpc) is 3.31. The van der Waals surface area contributed by atoms with Crippen molar-refractivity contribution >= 4 is 71.1 Å². The first kappa shape index (κ1) is 59.1. The van der Waals surface area contributed by atoms with Crippen LogP contribution in [0.25, 0.3) is 0 Å². The monoisotopic (exact) mass is 999 g/mol. The van der Waals surface area contributed by atoms with Crippen LogP contribution in [-0.2, 0) is 49.6 Å². The number of nitrogens with one attached hydrogen (secondary N) is 8. The molecule has 2 aromatic carbocycles. The summed E-state index contributed by atoms with van der Waals surface area (Å²) in [4.78, 5) is 153. The molecule has 2 rings (SSSR count). The van der Waals surface area contributed by atoms with Crippen LogP contribution in [0.1, 0.15) is 90.5 Å². The molecule has 71 heavy (non-hydrogen) atoms. The molecule has 0 radical (unpaired) electrons. The summed E-state index contributed by atoms with van der Waals surface area (Å²) in [6.07, 6.45) is -0.688. The van der Waals surface area contributed by atoms with Gasteiger partial charge in [-0.2, -0.15) is 0 Å². The lowest BCUT2D eigenvalue weighted by Gasteiger charge is -2.29. The second kappa shape index (κ2) is 28.5. The van der Waals surface area contributed by atoms with Crippen molar-refractivity contribution in [1.82, 2.24) is 42.5 Å². The molecule has 0 saturated carbocycles. The minimum Gasteiger partial charge on any atom is -0.480 e. The lowest BCUT2D eigenvalue weighted by Crippen LogP contribution is -2.60. The number of aliphatic hydroxyl groups is 2. The molecule has 15 N–H and O–H groups in total. The third-order valence-electron chi connectivity index (χ3n) is 10.6. The molecule has 0 aliphatic rings. The van der Waals surface area contributed by atoms with Crippen molar-refractivity contribution in [3.63, 3.8) is 0 Å². The smallest absolute Gasteiger partial charge is 0.335 e. The van der Waals surface area contributed by atoms with Gasteiger partial charge in [-0.15, -0.1) is 0 Å². The Morgan fingerprint density at radius 3 is 1.58 bits per heavy atom. The van der Waals surface area contributed by atoms with Gasteiger partial charge in [-0.1, -0.05) is 64.4 Å². The van der Waals surface area contributed by atoms with Crippen LogP contribution in [-0.4, -0.2) is 159 Å². The molecule has 2 aromatic rings. The molecule has 0 aliphatic heterocycles. The Morgan fingerprint density at radius 2 is 1.07 bits per heavy atom. The third-order valence-corrected chi connectivity index (χ3v) is 10.6. The van der Waals surface area contributed by atoms with E-state index in [1.807, 2.05) is 5.32 Å². The van der Waals surface area contributed by atoms with Gasteiger partial charge in [0.2, 0.25) is 47.3 Å². The average molecular weight is 1000 g/mol. The topological polar surface area (TPSA) is 428 Å². The maximum absolute atomic E-state index is 13.7. The Hall–Kier alpha value is -8.00. The van der Waals surface area contributed by atoms with Crippen LogP contribution in [0.4, 0.5) is 0 Å². The molecule has 0 saturated heterocycles. The van der Waals surface area contributed by atoms with Crippen LogP contribution < -0.4 is 48.3 Å². The molecular formula is C45H61N9O17. The van der Waals surface area contributed by atoms with Crippen LogP contribution in [0, 0.1) is 11.8 Å². The molecule has 0 fully saturated rings. The minimum absolute atomic E-state index is 0.00744. The quantitative estimate of drug-likeness (QED) is 0.0376. The molecule has 9 amide bonds. The molecule has 0 heterocycles. The van der Waals surface area contributed by atoms with E-state index in [4.69, 9.17) is 10.8 Å². The number of nitrogens with two attached hydrogens (primary N) is 1. The second-order valence-electron chi connectivity index (χ2n) is 16.8. The number of primary amides is 1. The highest BCUT2D eigenvalue weighted by molar-refractivity contribution is 6.04. The number of carbonyl (C=O) groups excluding carboxylic acids is 9. The minimum atomic E-state index is -1.78. The lowest BCUT2D eigenvalue weighted by molar-refractivity contribution is -0.143. The van der Waals surface area contributed by atoms with Crippen LogP contribution in [0.15, 0.2) is 48.5 Å². The summed E-state index contributed by atoms with van der Waals surface area (Å²) in [5, 5.41) is 65.7. The van der Waals surface area contributed by atoms with Crippen LogP contribution in [0.5, 0.6) is 0 Å². The number of carbonyl (C=O) groups is 12. The summed E-state index contributed by atoms with van der Waals surface area (Å²) < 4.78 is 0. The van der Waals surface area contributed by atoms with Crippen molar-refractivity contribution in [2.75, 3.05) is 19.8 Å². The van der Waals surface area contributed by atoms with Gasteiger partial charge in [-0.25, -0.2) is 14.4 Å². The fourth-order valence-electron chi connectivity index (χ4n) is 6.51. The zero-order valence-corrected chi connectivity index (χ0v) is 39.5. The van der Waals surface area contributed by atoms with Gasteiger partial charge < -0.3 is 73.8 Å². The Labute approximate surface area is 406 Å². The van der Waals surface area contributed by atoms with Crippen molar-refractivity contribution in [2.45, 2.75) is 103 Å². The maximum atomic E-state index is 13.7. The lowest BCUT2D eigenvalue weighted by atomic mass is 9.96. The summed E-state index contributed by atoms with van der Waals surface area (Å²) in [6, 6.07) is -0.00669. The molecule has 388 valence electrons. The van der Waals surface area contributed by atoms with Gasteiger partial charge in [0.25, 0.3) is 5.91 Å². The van der Waals surface area contributed by atoms with Gasteiger partial charge in [0, 0.05) is 12.0 Å². The number of amides is 9. The fourth-order valence-corrected chi connectivity index (χ4v) is 6.51. The molecule has 0 bridgehead atoms. The third kappa shape index (κ3) is 19.5. The molecule has 0 spiro atoms. The van der Waals surface area contributed by atoms with Crippen molar-refractivity contribution in [2.24, 2.45) is 17.6 Å². The number of aliphatic hydroxyl groups excluding tert-OH is 2. The first-order valence-electron chi connectivity index (χ1n) is 22.1. The zero-order chi connectivity index (χ0) is 53.7. The number of hydrogen-bond donors (Lipinski definition) is 14. The van der Waals surface area contributed by atoms with E-state index in [1.54, 1.807) is 58.0 Å². The van der Waals surface area contributed by atoms with E-state index in [0.717, 1.165) is 18.2 Å². The number of aliphatic carboxylic acids is 1. The van der Waals surface area contributed by atoms with Gasteiger partial charge in [-0.05, 0) is 48.9 Å². The number of hydrogen-bond acceptors (Lipinski definition) is 14. The first-order chi connectivity index (χ1) is 33.3. The predicted molar refractivity (Wildman–Crippen MR) is 247 cm³/mol. The maximum Gasteiger partial charge on any atom is 0.335 e. The summed E-state index contributed by atoms with van der Waals surface area (Å²) in [5.74, 6) is -14.5. The normalized spacial score (nSPS) is 14.3. The van der Waals surface area contributed by atoms with E-state index in [1.165, 1.54) is 6.92 Å². The SMILES string of the molecule is CC[C@H](C)[C@H](NC(=O)[C@H](C)NC(=O)CNC(=O)[C@H](Cc1ccccc1)NC(=O)[C@H](CC(N)=O)NC(=O)c1cc(C(=O)O)cc(C(=O)O)c1)C(=O)N[C@@H](CC(C)C)C(=O)N[C@@H](CO)C(=O)N[C@@H](CO)C(=O)O. The highest BCUT2D eigenvalue weighted by Gasteiger charge is 2.34. The van der Waals surface area contributed by atoms with Crippen LogP contribution in [0.2, 0.25) is 0 Å². The number of aromatic carboxylic acids is 2. The molecule has 0 unspecified atom stereocenters. The van der Waals surface area contributed by atoms with E-state index < -0.39 is 162 Å². The standard InChI is InChI=1S/C45H61N9O17/c1-6-22(4)35(42(65)51-28(12-21(2)3)39(62)52-31(19-55)41(64)53-32(20-56)45(70)71)54-36(59)23(5)48-34(58)18-47-38(61)29(13-24-10-8-7-9-11-24)50-40(63)30(17-33(46)57)49-37(60)25-14-26(43(66)67)16-27(15-25)44(68)69/h7-11,14-16,21-23,28-32,35,55-56H,6,12-13,17-20H2,1-5H3,(H2,46,57)(H,47,61)(H,48,58)(H,49,60)(H,50,63)(H,51,65)(H,52,62)(H,53,64)(H,54,59)(H,66,67)(H,68,69)(H,70,71)/t22-,23-,28-,29-,30-,31-,32-,35-/m0/s1. The molecule has 26 heteroatoms. The van der Waals surface area contributed by atoms with Gasteiger partial charge in [0.1, 0.15) is 42.3 Å². The van der Waals surface area contributed by atoms with E-state index in [9.17, 15) is 78.0 Å². The molecular weight excluding hydrogens is 939 g/mol. The number of carboxylic acids is 3.